The second kappa shape index (κ2) is 7.68. The molecule has 0 aromatic heterocycles. The van der Waals surface area contributed by atoms with Gasteiger partial charge >= 0.3 is 0 Å². The molecule has 1 aliphatic rings. The van der Waals surface area contributed by atoms with Crippen LogP contribution in [-0.2, 0) is 14.8 Å². The van der Waals surface area contributed by atoms with Crippen molar-refractivity contribution >= 4 is 10.0 Å². The lowest BCUT2D eigenvalue weighted by Crippen LogP contribution is -2.40. The van der Waals surface area contributed by atoms with E-state index in [0.29, 0.717) is 32.1 Å². The molecule has 1 saturated heterocycles. The average Bonchev–Trinajstić information content (AvgIpc) is 2.54. The summed E-state index contributed by atoms with van der Waals surface area (Å²) in [6, 6.07) is 5.90. The highest BCUT2D eigenvalue weighted by molar-refractivity contribution is 7.89. The van der Waals surface area contributed by atoms with Crippen molar-refractivity contribution in [3.63, 3.8) is 0 Å². The van der Waals surface area contributed by atoms with Crippen LogP contribution in [0.4, 0.5) is 4.39 Å². The molecule has 0 radical (unpaired) electrons. The summed E-state index contributed by atoms with van der Waals surface area (Å²) in [6.07, 6.45) is 1.22. The van der Waals surface area contributed by atoms with Gasteiger partial charge < -0.3 is 15.2 Å². The Hall–Kier alpha value is -1.48. The van der Waals surface area contributed by atoms with Crippen molar-refractivity contribution < 1.29 is 22.3 Å². The van der Waals surface area contributed by atoms with E-state index in [0.717, 1.165) is 0 Å². The Morgan fingerprint density at radius 1 is 1.32 bits per heavy atom. The smallest absolute Gasteiger partial charge is 0.243 e. The first-order valence-corrected chi connectivity index (χ1v) is 8.33. The molecule has 22 heavy (non-hydrogen) atoms. The lowest BCUT2D eigenvalue weighted by molar-refractivity contribution is 0.0730. The number of nitrogens with two attached hydrogens (primary N) is 1. The van der Waals surface area contributed by atoms with E-state index in [9.17, 15) is 12.8 Å². The molecule has 1 aromatic carbocycles. The summed E-state index contributed by atoms with van der Waals surface area (Å²) in [4.78, 5) is 0.180. The zero-order chi connectivity index (χ0) is 16.0. The van der Waals surface area contributed by atoms with Crippen LogP contribution in [0.3, 0.4) is 0 Å². The van der Waals surface area contributed by atoms with Crippen LogP contribution >= 0.6 is 0 Å². The van der Waals surface area contributed by atoms with E-state index < -0.39 is 15.9 Å². The first-order chi connectivity index (χ1) is 10.5. The van der Waals surface area contributed by atoms with Gasteiger partial charge in [0, 0.05) is 19.6 Å². The van der Waals surface area contributed by atoms with Crippen molar-refractivity contribution in [1.82, 2.24) is 4.31 Å². The molecule has 122 valence electrons. The summed E-state index contributed by atoms with van der Waals surface area (Å²) in [7, 11) is -3.52. The molecular formula is C14H19FN2O4S. The van der Waals surface area contributed by atoms with Gasteiger partial charge in [-0.2, -0.15) is 4.31 Å². The maximum atomic E-state index is 13.1. The van der Waals surface area contributed by atoms with Gasteiger partial charge in [0.15, 0.2) is 0 Å². The molecule has 1 aromatic rings. The third-order valence-electron chi connectivity index (χ3n) is 3.15. The van der Waals surface area contributed by atoms with Crippen LogP contribution < -0.4 is 10.5 Å². The van der Waals surface area contributed by atoms with Crippen molar-refractivity contribution in [1.29, 1.82) is 0 Å². The fraction of sp³-hybridized carbons (Fsp3) is 0.429. The normalized spacial score (nSPS) is 17.5. The van der Waals surface area contributed by atoms with Crippen molar-refractivity contribution in [2.24, 2.45) is 5.73 Å². The maximum absolute atomic E-state index is 13.1. The van der Waals surface area contributed by atoms with E-state index in [-0.39, 0.29) is 18.0 Å². The lowest BCUT2D eigenvalue weighted by Gasteiger charge is -2.26. The van der Waals surface area contributed by atoms with E-state index in [4.69, 9.17) is 15.2 Å². The molecule has 1 heterocycles. The Labute approximate surface area is 129 Å². The highest BCUT2D eigenvalue weighted by Crippen LogP contribution is 2.20. The second-order valence-electron chi connectivity index (χ2n) is 4.66. The van der Waals surface area contributed by atoms with Gasteiger partial charge in [0.1, 0.15) is 18.2 Å². The van der Waals surface area contributed by atoms with Crippen LogP contribution in [0.15, 0.2) is 41.1 Å². The van der Waals surface area contributed by atoms with E-state index >= 15 is 0 Å². The van der Waals surface area contributed by atoms with E-state index in [1.807, 2.05) is 0 Å². The zero-order valence-electron chi connectivity index (χ0n) is 12.1. The van der Waals surface area contributed by atoms with Crippen molar-refractivity contribution in [3.05, 3.63) is 36.2 Å². The SMILES string of the molecule is NCC=C(F)COc1ccc(S(=O)(=O)N2CCOCC2)cc1. The Morgan fingerprint density at radius 3 is 2.55 bits per heavy atom. The van der Waals surface area contributed by atoms with Crippen molar-refractivity contribution in [2.45, 2.75) is 4.90 Å². The molecule has 0 spiro atoms. The number of benzene rings is 1. The van der Waals surface area contributed by atoms with Gasteiger partial charge in [0.25, 0.3) is 0 Å². The van der Waals surface area contributed by atoms with Gasteiger partial charge in [-0.3, -0.25) is 0 Å². The van der Waals surface area contributed by atoms with Gasteiger partial charge in [-0.05, 0) is 30.3 Å². The predicted octanol–water partition coefficient (Wildman–Crippen LogP) is 0.898. The van der Waals surface area contributed by atoms with Crippen molar-refractivity contribution in [2.75, 3.05) is 39.5 Å². The molecule has 6 nitrogen and oxygen atoms in total. The summed E-state index contributed by atoms with van der Waals surface area (Å²) in [5, 5.41) is 0. The number of sulfonamides is 1. The molecule has 0 bridgehead atoms. The molecule has 0 atom stereocenters. The molecule has 2 N–H and O–H groups in total. The Balaban J connectivity index is 2.03. The summed E-state index contributed by atoms with van der Waals surface area (Å²) in [5.41, 5.74) is 5.18. The summed E-state index contributed by atoms with van der Waals surface area (Å²) >= 11 is 0. The third-order valence-corrected chi connectivity index (χ3v) is 5.06. The van der Waals surface area contributed by atoms with Gasteiger partial charge in [-0.25, -0.2) is 12.8 Å². The minimum absolute atomic E-state index is 0.103. The van der Waals surface area contributed by atoms with E-state index in [2.05, 4.69) is 0 Å². The largest absolute Gasteiger partial charge is 0.487 e. The van der Waals surface area contributed by atoms with E-state index in [1.165, 1.54) is 34.6 Å². The van der Waals surface area contributed by atoms with E-state index in [1.54, 1.807) is 0 Å². The van der Waals surface area contributed by atoms with Gasteiger partial charge in [-0.15, -0.1) is 0 Å². The number of rotatable bonds is 6. The quantitative estimate of drug-likeness (QED) is 0.838. The molecule has 0 amide bonds. The number of morpholine rings is 1. The minimum atomic E-state index is -3.52. The fourth-order valence-electron chi connectivity index (χ4n) is 1.98. The van der Waals surface area contributed by atoms with Crippen LogP contribution in [0.2, 0.25) is 0 Å². The molecule has 0 saturated carbocycles. The van der Waals surface area contributed by atoms with Crippen molar-refractivity contribution in [3.8, 4) is 5.75 Å². The predicted molar refractivity (Wildman–Crippen MR) is 79.8 cm³/mol. The van der Waals surface area contributed by atoms with Crippen LogP contribution in [0.1, 0.15) is 0 Å². The molecule has 2 rings (SSSR count). The molecule has 0 aliphatic carbocycles. The molecule has 1 fully saturated rings. The van der Waals surface area contributed by atoms with Gasteiger partial charge in [-0.1, -0.05) is 0 Å². The summed E-state index contributed by atoms with van der Waals surface area (Å²) < 4.78 is 49.7. The lowest BCUT2D eigenvalue weighted by atomic mass is 10.3. The van der Waals surface area contributed by atoms with Crippen LogP contribution in [0, 0.1) is 0 Å². The topological polar surface area (TPSA) is 81.9 Å². The summed E-state index contributed by atoms with van der Waals surface area (Å²) in [5.74, 6) is -0.0750. The molecular weight excluding hydrogens is 311 g/mol. The fourth-order valence-corrected chi connectivity index (χ4v) is 3.39. The Morgan fingerprint density at radius 2 is 1.95 bits per heavy atom. The standard InChI is InChI=1S/C14H19FN2O4S/c15-12(5-6-16)11-21-13-1-3-14(4-2-13)22(18,19)17-7-9-20-10-8-17/h1-5H,6-11,16H2. The Bertz CT molecular complexity index is 610. The second-order valence-corrected chi connectivity index (χ2v) is 6.60. The van der Waals surface area contributed by atoms with Crippen LogP contribution in [0.5, 0.6) is 5.75 Å². The monoisotopic (exact) mass is 330 g/mol. The maximum Gasteiger partial charge on any atom is 0.243 e. The Kier molecular flexibility index (Phi) is 5.90. The number of halogens is 1. The molecule has 1 aliphatic heterocycles. The highest BCUT2D eigenvalue weighted by atomic mass is 32.2. The first-order valence-electron chi connectivity index (χ1n) is 6.89. The van der Waals surface area contributed by atoms with Gasteiger partial charge in [0.05, 0.1) is 18.1 Å². The molecule has 8 heteroatoms. The number of ether oxygens (including phenoxy) is 2. The van der Waals surface area contributed by atoms with Gasteiger partial charge in [0.2, 0.25) is 10.0 Å². The molecule has 0 unspecified atom stereocenters. The number of hydrogen-bond donors (Lipinski definition) is 1. The highest BCUT2D eigenvalue weighted by Gasteiger charge is 2.26. The number of nitrogens with zero attached hydrogens (tertiary/aromatic N) is 1. The zero-order valence-corrected chi connectivity index (χ0v) is 12.9. The van der Waals surface area contributed by atoms with Crippen LogP contribution in [-0.4, -0.2) is 52.2 Å². The minimum Gasteiger partial charge on any atom is -0.487 e. The summed E-state index contributed by atoms with van der Waals surface area (Å²) in [6.45, 7) is 1.35. The average molecular weight is 330 g/mol. The third kappa shape index (κ3) is 4.26. The van der Waals surface area contributed by atoms with Crippen LogP contribution in [0.25, 0.3) is 0 Å². The first kappa shape index (κ1) is 16.9. The number of hydrogen-bond acceptors (Lipinski definition) is 5.